The number of imidazole rings is 1. The van der Waals surface area contributed by atoms with Gasteiger partial charge >= 0.3 is 0 Å². The van der Waals surface area contributed by atoms with Crippen molar-refractivity contribution < 1.29 is 9.00 Å². The zero-order valence-corrected chi connectivity index (χ0v) is 11.4. The molecule has 0 aliphatic rings. The number of hydrogen-bond acceptors (Lipinski definition) is 5. The zero-order valence-electron chi connectivity index (χ0n) is 10.6. The lowest BCUT2D eigenvalue weighted by Gasteiger charge is -2.04. The van der Waals surface area contributed by atoms with Crippen molar-refractivity contribution in [2.75, 3.05) is 13.1 Å². The molecular formula is C10H14N6O2S. The maximum absolute atomic E-state index is 11.8. The number of carbonyl (C=O) groups is 1. The van der Waals surface area contributed by atoms with E-state index in [0.29, 0.717) is 18.8 Å². The molecule has 9 heteroatoms. The van der Waals surface area contributed by atoms with Crippen LogP contribution >= 0.6 is 0 Å². The SMILES string of the molecule is C#CCN(C=O)/N=N\c1c(S(=O)NCC)ncn1C. The van der Waals surface area contributed by atoms with E-state index in [-0.39, 0.29) is 11.6 Å². The summed E-state index contributed by atoms with van der Waals surface area (Å²) in [5, 5.41) is 8.71. The molecule has 19 heavy (non-hydrogen) atoms. The van der Waals surface area contributed by atoms with E-state index in [1.54, 1.807) is 11.6 Å². The van der Waals surface area contributed by atoms with E-state index in [1.165, 1.54) is 6.33 Å². The van der Waals surface area contributed by atoms with Crippen LogP contribution in [0.1, 0.15) is 6.92 Å². The Morgan fingerprint density at radius 1 is 1.74 bits per heavy atom. The molecule has 1 amide bonds. The van der Waals surface area contributed by atoms with Crippen molar-refractivity contribution in [2.24, 2.45) is 17.4 Å². The van der Waals surface area contributed by atoms with Gasteiger partial charge in [-0.1, -0.05) is 18.1 Å². The first-order valence-corrected chi connectivity index (χ1v) is 6.52. The number of nitrogens with one attached hydrogen (secondary N) is 1. The predicted octanol–water partition coefficient (Wildman–Crippen LogP) is 0.142. The van der Waals surface area contributed by atoms with Crippen molar-refractivity contribution in [3.8, 4) is 12.3 Å². The van der Waals surface area contributed by atoms with Crippen LogP contribution < -0.4 is 4.72 Å². The Morgan fingerprint density at radius 2 is 2.47 bits per heavy atom. The topological polar surface area (TPSA) is 91.9 Å². The third-order valence-corrected chi connectivity index (χ3v) is 3.14. The molecule has 0 aliphatic carbocycles. The third kappa shape index (κ3) is 3.97. The number of carbonyl (C=O) groups excluding carboxylic acids is 1. The fourth-order valence-electron chi connectivity index (χ4n) is 1.13. The smallest absolute Gasteiger partial charge is 0.232 e. The molecule has 1 heterocycles. The second-order valence-corrected chi connectivity index (χ2v) is 4.56. The number of terminal acetylenes is 1. The zero-order chi connectivity index (χ0) is 14.3. The average molecular weight is 282 g/mol. The van der Waals surface area contributed by atoms with E-state index in [4.69, 9.17) is 6.42 Å². The molecule has 1 aromatic rings. The molecule has 0 aromatic carbocycles. The van der Waals surface area contributed by atoms with Crippen molar-refractivity contribution in [2.45, 2.75) is 11.9 Å². The van der Waals surface area contributed by atoms with Crippen LogP contribution in [-0.4, -0.2) is 38.3 Å². The molecule has 0 bridgehead atoms. The van der Waals surface area contributed by atoms with Crippen LogP contribution in [0.4, 0.5) is 5.82 Å². The van der Waals surface area contributed by atoms with Gasteiger partial charge in [-0.25, -0.2) is 18.9 Å². The van der Waals surface area contributed by atoms with Crippen LogP contribution in [0.25, 0.3) is 0 Å². The summed E-state index contributed by atoms with van der Waals surface area (Å²) in [7, 11) is 0.204. The minimum atomic E-state index is -1.48. The summed E-state index contributed by atoms with van der Waals surface area (Å²) in [5.41, 5.74) is 0. The van der Waals surface area contributed by atoms with Crippen molar-refractivity contribution in [3.63, 3.8) is 0 Å². The highest BCUT2D eigenvalue weighted by molar-refractivity contribution is 7.83. The molecule has 0 radical (unpaired) electrons. The molecular weight excluding hydrogens is 268 g/mol. The van der Waals surface area contributed by atoms with Crippen molar-refractivity contribution in [1.82, 2.24) is 19.3 Å². The molecule has 1 rings (SSSR count). The molecule has 0 saturated carbocycles. The Morgan fingerprint density at radius 3 is 3.05 bits per heavy atom. The number of rotatable bonds is 7. The van der Waals surface area contributed by atoms with Gasteiger partial charge in [0.25, 0.3) is 0 Å². The first kappa shape index (κ1) is 15.0. The highest BCUT2D eigenvalue weighted by atomic mass is 32.2. The monoisotopic (exact) mass is 282 g/mol. The van der Waals surface area contributed by atoms with Gasteiger partial charge in [0.05, 0.1) is 6.33 Å². The van der Waals surface area contributed by atoms with E-state index in [1.807, 2.05) is 6.92 Å². The summed E-state index contributed by atoms with van der Waals surface area (Å²) in [6.45, 7) is 2.36. The lowest BCUT2D eigenvalue weighted by molar-refractivity contribution is -0.117. The minimum absolute atomic E-state index is 0.0104. The molecule has 102 valence electrons. The molecule has 1 aromatic heterocycles. The number of aromatic nitrogens is 2. The van der Waals surface area contributed by atoms with Gasteiger partial charge in [0.2, 0.25) is 6.41 Å². The summed E-state index contributed by atoms with van der Waals surface area (Å²) in [6, 6.07) is 0. The molecule has 1 N–H and O–H groups in total. The summed E-state index contributed by atoms with van der Waals surface area (Å²) < 4.78 is 16.1. The van der Waals surface area contributed by atoms with Crippen LogP contribution in [0.2, 0.25) is 0 Å². The van der Waals surface area contributed by atoms with Crippen molar-refractivity contribution >= 4 is 23.2 Å². The second-order valence-electron chi connectivity index (χ2n) is 3.35. The van der Waals surface area contributed by atoms with E-state index < -0.39 is 11.0 Å². The molecule has 0 spiro atoms. The Hall–Kier alpha value is -2.05. The van der Waals surface area contributed by atoms with Crippen LogP contribution in [0.3, 0.4) is 0 Å². The maximum atomic E-state index is 11.8. The number of hydrogen-bond donors (Lipinski definition) is 1. The standard InChI is InChI=1S/C10H14N6O2S/c1-4-6-16(8-17)14-13-9-10(11-7-15(9)3)19(18)12-5-2/h1,7-8,12H,5-6H2,2-3H3/b14-13-. The molecule has 0 aliphatic heterocycles. The lowest BCUT2D eigenvalue weighted by atomic mass is 10.7. The van der Waals surface area contributed by atoms with E-state index in [0.717, 1.165) is 5.01 Å². The Kier molecular flexibility index (Phi) is 5.84. The van der Waals surface area contributed by atoms with Gasteiger partial charge in [0.1, 0.15) is 17.5 Å². The quantitative estimate of drug-likeness (QED) is 0.334. The molecule has 0 saturated heterocycles. The van der Waals surface area contributed by atoms with Gasteiger partial charge in [0, 0.05) is 13.6 Å². The van der Waals surface area contributed by atoms with Gasteiger partial charge in [0.15, 0.2) is 10.8 Å². The summed E-state index contributed by atoms with van der Waals surface area (Å²) in [4.78, 5) is 14.6. The molecule has 1 unspecified atom stereocenters. The van der Waals surface area contributed by atoms with Crippen LogP contribution in [0.5, 0.6) is 0 Å². The Bertz CT molecular complexity index is 533. The van der Waals surface area contributed by atoms with Crippen LogP contribution in [0, 0.1) is 12.3 Å². The van der Waals surface area contributed by atoms with Crippen molar-refractivity contribution in [1.29, 1.82) is 0 Å². The second kappa shape index (κ2) is 7.40. The van der Waals surface area contributed by atoms with E-state index in [9.17, 15) is 9.00 Å². The lowest BCUT2D eigenvalue weighted by Crippen LogP contribution is -2.17. The van der Waals surface area contributed by atoms with Gasteiger partial charge < -0.3 is 4.57 Å². The minimum Gasteiger partial charge on any atom is -0.316 e. The summed E-state index contributed by atoms with van der Waals surface area (Å²) in [6.07, 6.45) is 7.00. The van der Waals surface area contributed by atoms with Crippen LogP contribution in [0.15, 0.2) is 21.7 Å². The summed E-state index contributed by atoms with van der Waals surface area (Å²) >= 11 is 0. The Balaban J connectivity index is 2.97. The first-order chi connectivity index (χ1) is 9.13. The van der Waals surface area contributed by atoms with Gasteiger partial charge in [-0.2, -0.15) is 0 Å². The van der Waals surface area contributed by atoms with E-state index in [2.05, 4.69) is 26.0 Å². The number of aryl methyl sites for hydroxylation is 1. The third-order valence-electron chi connectivity index (χ3n) is 1.95. The predicted molar refractivity (Wildman–Crippen MR) is 69.4 cm³/mol. The molecule has 8 nitrogen and oxygen atoms in total. The normalized spacial score (nSPS) is 12.3. The summed E-state index contributed by atoms with van der Waals surface area (Å²) in [5.74, 6) is 2.56. The van der Waals surface area contributed by atoms with E-state index >= 15 is 0 Å². The largest absolute Gasteiger partial charge is 0.316 e. The fraction of sp³-hybridized carbons (Fsp3) is 0.400. The van der Waals surface area contributed by atoms with Crippen molar-refractivity contribution in [3.05, 3.63) is 6.33 Å². The highest BCUT2D eigenvalue weighted by Gasteiger charge is 2.15. The average Bonchev–Trinajstić information content (AvgIpc) is 2.76. The molecule has 0 fully saturated rings. The first-order valence-electron chi connectivity index (χ1n) is 5.37. The fourth-order valence-corrected chi connectivity index (χ4v) is 2.02. The number of amides is 1. The van der Waals surface area contributed by atoms with Gasteiger partial charge in [-0.15, -0.1) is 11.5 Å². The van der Waals surface area contributed by atoms with Gasteiger partial charge in [-0.05, 0) is 0 Å². The highest BCUT2D eigenvalue weighted by Crippen LogP contribution is 2.20. The molecule has 1 atom stereocenters. The van der Waals surface area contributed by atoms with Crippen LogP contribution in [-0.2, 0) is 22.8 Å². The number of nitrogens with zero attached hydrogens (tertiary/aromatic N) is 5. The maximum Gasteiger partial charge on any atom is 0.232 e. The van der Waals surface area contributed by atoms with Gasteiger partial charge in [-0.3, -0.25) is 4.79 Å². The Labute approximate surface area is 113 Å².